The number of ketones is 1. The maximum absolute atomic E-state index is 14.5. The van der Waals surface area contributed by atoms with Gasteiger partial charge in [0, 0.05) is 18.0 Å². The van der Waals surface area contributed by atoms with E-state index < -0.39 is 23.6 Å². The van der Waals surface area contributed by atoms with Crippen molar-refractivity contribution in [2.75, 3.05) is 7.11 Å². The topological polar surface area (TPSA) is 171 Å². The highest BCUT2D eigenvalue weighted by Gasteiger charge is 2.34. The quantitative estimate of drug-likeness (QED) is 0.0837. The van der Waals surface area contributed by atoms with E-state index in [0.29, 0.717) is 40.3 Å². The second kappa shape index (κ2) is 20.1. The summed E-state index contributed by atoms with van der Waals surface area (Å²) in [6.07, 6.45) is 1.85. The lowest BCUT2D eigenvalue weighted by Crippen LogP contribution is -2.46. The van der Waals surface area contributed by atoms with E-state index in [9.17, 15) is 19.2 Å². The minimum Gasteiger partial charge on any atom is -0.496 e. The minimum atomic E-state index is -1.02. The number of hydrogen-bond donors (Lipinski definition) is 3. The number of rotatable bonds is 15. The van der Waals surface area contributed by atoms with Crippen LogP contribution in [0, 0.1) is 6.92 Å². The predicted molar refractivity (Wildman–Crippen MR) is 210 cm³/mol. The SMILES string of the molecule is CC.CC.COc1ccc(CN(C(=O)C(N)Cc2c(C)cc(C(N)=O)cc2C(C)C(C)(C)OC=O)C(C)c2ncc(-c3ccccc3)[nH]2)cc1C(C)=O. The van der Waals surface area contributed by atoms with Gasteiger partial charge in [-0.2, -0.15) is 0 Å². The monoisotopic (exact) mass is 727 g/mol. The van der Waals surface area contributed by atoms with Gasteiger partial charge < -0.3 is 30.8 Å². The summed E-state index contributed by atoms with van der Waals surface area (Å²) >= 11 is 0. The van der Waals surface area contributed by atoms with Gasteiger partial charge in [0.25, 0.3) is 6.47 Å². The third-order valence-corrected chi connectivity index (χ3v) is 9.22. The van der Waals surface area contributed by atoms with Crippen LogP contribution in [0.3, 0.4) is 0 Å². The van der Waals surface area contributed by atoms with Crippen LogP contribution in [-0.4, -0.2) is 57.7 Å². The normalized spacial score (nSPS) is 12.5. The molecule has 0 spiro atoms. The van der Waals surface area contributed by atoms with Crippen LogP contribution in [-0.2, 0) is 27.3 Å². The van der Waals surface area contributed by atoms with Crippen molar-refractivity contribution in [2.24, 2.45) is 11.5 Å². The number of nitrogens with zero attached hydrogens (tertiary/aromatic N) is 2. The molecule has 0 aliphatic heterocycles. The molecule has 53 heavy (non-hydrogen) atoms. The van der Waals surface area contributed by atoms with Crippen LogP contribution >= 0.6 is 0 Å². The first-order chi connectivity index (χ1) is 25.2. The Bertz CT molecular complexity index is 1830. The van der Waals surface area contributed by atoms with Gasteiger partial charge in [0.2, 0.25) is 11.8 Å². The minimum absolute atomic E-state index is 0.124. The summed E-state index contributed by atoms with van der Waals surface area (Å²) in [6, 6.07) is 16.8. The Hall–Kier alpha value is -5.29. The first kappa shape index (κ1) is 43.9. The molecule has 4 rings (SSSR count). The number of imidazole rings is 1. The summed E-state index contributed by atoms with van der Waals surface area (Å²) in [4.78, 5) is 60.1. The van der Waals surface area contributed by atoms with E-state index in [1.165, 1.54) is 14.0 Å². The van der Waals surface area contributed by atoms with Crippen molar-refractivity contribution in [3.63, 3.8) is 0 Å². The summed E-state index contributed by atoms with van der Waals surface area (Å²) in [5.74, 6) is -0.509. The number of nitrogens with two attached hydrogens (primary N) is 2. The Morgan fingerprint density at radius 2 is 1.64 bits per heavy atom. The molecule has 4 aromatic rings. The van der Waals surface area contributed by atoms with Crippen molar-refractivity contribution < 1.29 is 28.7 Å². The molecule has 11 nitrogen and oxygen atoms in total. The molecule has 1 aromatic heterocycles. The number of aryl methyl sites for hydroxylation is 1. The van der Waals surface area contributed by atoms with Crippen LogP contribution in [0.15, 0.2) is 66.9 Å². The Morgan fingerprint density at radius 3 is 2.21 bits per heavy atom. The third-order valence-electron chi connectivity index (χ3n) is 9.22. The second-order valence-corrected chi connectivity index (χ2v) is 12.9. The Labute approximate surface area is 314 Å². The number of H-pyrrole nitrogens is 1. The molecule has 0 fully saturated rings. The summed E-state index contributed by atoms with van der Waals surface area (Å²) in [6.45, 7) is 19.1. The zero-order chi connectivity index (χ0) is 40.0. The second-order valence-electron chi connectivity index (χ2n) is 12.9. The number of ether oxygens (including phenoxy) is 2. The molecule has 0 bridgehead atoms. The number of methoxy groups -OCH3 is 1. The molecule has 5 N–H and O–H groups in total. The van der Waals surface area contributed by atoms with Crippen molar-refractivity contribution in [3.05, 3.63) is 106 Å². The molecular weight excluding hydrogens is 670 g/mol. The smallest absolute Gasteiger partial charge is 0.293 e. The average molecular weight is 728 g/mol. The highest BCUT2D eigenvalue weighted by molar-refractivity contribution is 5.97. The number of aromatic amines is 1. The molecule has 0 saturated heterocycles. The van der Waals surface area contributed by atoms with Gasteiger partial charge in [-0.3, -0.25) is 19.2 Å². The molecule has 3 atom stereocenters. The fourth-order valence-corrected chi connectivity index (χ4v) is 5.96. The molecule has 286 valence electrons. The van der Waals surface area contributed by atoms with Gasteiger partial charge >= 0.3 is 0 Å². The highest BCUT2D eigenvalue weighted by Crippen LogP contribution is 2.35. The molecule has 3 aromatic carbocycles. The van der Waals surface area contributed by atoms with Gasteiger partial charge in [0.1, 0.15) is 17.2 Å². The van der Waals surface area contributed by atoms with E-state index in [-0.39, 0.29) is 30.6 Å². The standard InChI is InChI=1S/C38H45N5O6.2C2H6/c1-22-15-28(35(40)46)17-30(23(2)38(5,6)49-21-44)29(22)18-32(39)37(47)43(20-26-13-14-34(48-7)31(16-26)25(4)45)24(3)36-41-19-33(42-36)27-11-9-8-10-12-27;2*1-2/h8-17,19,21,23-24,32H,18,20,39H2,1-7H3,(H2,40,46)(H,41,42);2*1-2H3. The van der Waals surface area contributed by atoms with Gasteiger partial charge in [0.15, 0.2) is 5.78 Å². The van der Waals surface area contributed by atoms with E-state index >= 15 is 0 Å². The fourth-order valence-electron chi connectivity index (χ4n) is 5.96. The number of aromatic nitrogens is 2. The zero-order valence-electron chi connectivity index (χ0n) is 33.1. The first-order valence-electron chi connectivity index (χ1n) is 18.1. The number of primary amides is 1. The van der Waals surface area contributed by atoms with Crippen molar-refractivity contribution in [1.29, 1.82) is 0 Å². The van der Waals surface area contributed by atoms with Crippen LogP contribution < -0.4 is 16.2 Å². The number of hydrogen-bond acceptors (Lipinski definition) is 8. The molecule has 11 heteroatoms. The van der Waals surface area contributed by atoms with E-state index in [1.807, 2.05) is 84.9 Å². The lowest BCUT2D eigenvalue weighted by molar-refractivity contribution is -0.142. The van der Waals surface area contributed by atoms with Crippen molar-refractivity contribution in [1.82, 2.24) is 14.9 Å². The Balaban J connectivity index is 0.00000235. The van der Waals surface area contributed by atoms with Crippen molar-refractivity contribution in [2.45, 2.75) is 106 Å². The largest absolute Gasteiger partial charge is 0.496 e. The molecule has 0 aliphatic carbocycles. The van der Waals surface area contributed by atoms with Gasteiger partial charge in [-0.15, -0.1) is 0 Å². The van der Waals surface area contributed by atoms with Crippen LogP contribution in [0.5, 0.6) is 5.75 Å². The fraction of sp³-hybridized carbons (Fsp3) is 0.405. The predicted octanol–water partition coefficient (Wildman–Crippen LogP) is 7.46. The molecule has 2 amide bonds. The lowest BCUT2D eigenvalue weighted by Gasteiger charge is -2.34. The first-order valence-corrected chi connectivity index (χ1v) is 18.1. The summed E-state index contributed by atoms with van der Waals surface area (Å²) in [5, 5.41) is 0. The molecule has 0 aliphatic rings. The maximum atomic E-state index is 14.5. The molecule has 3 unspecified atom stereocenters. The van der Waals surface area contributed by atoms with Gasteiger partial charge in [-0.1, -0.05) is 71.0 Å². The van der Waals surface area contributed by atoms with Crippen molar-refractivity contribution in [3.8, 4) is 17.0 Å². The molecule has 0 radical (unpaired) electrons. The van der Waals surface area contributed by atoms with Gasteiger partial charge in [0.05, 0.1) is 36.6 Å². The molecule has 0 saturated carbocycles. The summed E-state index contributed by atoms with van der Waals surface area (Å²) in [5.41, 5.74) is 16.8. The number of amides is 2. The van der Waals surface area contributed by atoms with E-state index in [1.54, 1.807) is 49.2 Å². The Morgan fingerprint density at radius 1 is 1.00 bits per heavy atom. The highest BCUT2D eigenvalue weighted by atomic mass is 16.5. The maximum Gasteiger partial charge on any atom is 0.293 e. The summed E-state index contributed by atoms with van der Waals surface area (Å²) < 4.78 is 10.8. The molecule has 1 heterocycles. The lowest BCUT2D eigenvalue weighted by atomic mass is 9.80. The summed E-state index contributed by atoms with van der Waals surface area (Å²) in [7, 11) is 1.50. The van der Waals surface area contributed by atoms with Crippen LogP contribution in [0.25, 0.3) is 11.3 Å². The van der Waals surface area contributed by atoms with E-state index in [0.717, 1.165) is 22.4 Å². The van der Waals surface area contributed by atoms with Crippen LogP contribution in [0.1, 0.15) is 123 Å². The average Bonchev–Trinajstić information content (AvgIpc) is 3.66. The number of Topliss-reactive ketones (excluding diaryl/α,β-unsaturated/α-hetero) is 1. The molecular formula is C42H57N5O6. The number of nitrogens with one attached hydrogen (secondary N) is 1. The van der Waals surface area contributed by atoms with E-state index in [4.69, 9.17) is 20.9 Å². The van der Waals surface area contributed by atoms with Gasteiger partial charge in [-0.25, -0.2) is 4.98 Å². The van der Waals surface area contributed by atoms with E-state index in [2.05, 4.69) is 9.97 Å². The number of benzene rings is 3. The number of carbonyl (C=O) groups excluding carboxylic acids is 4. The Kier molecular flexibility index (Phi) is 16.6. The zero-order valence-corrected chi connectivity index (χ0v) is 33.1. The van der Waals surface area contributed by atoms with Crippen LogP contribution in [0.4, 0.5) is 0 Å². The van der Waals surface area contributed by atoms with Crippen LogP contribution in [0.2, 0.25) is 0 Å². The number of carbonyl (C=O) groups is 4. The van der Waals surface area contributed by atoms with Crippen molar-refractivity contribution >= 4 is 24.1 Å². The van der Waals surface area contributed by atoms with Gasteiger partial charge in [-0.05, 0) is 93.1 Å². The third kappa shape index (κ3) is 10.9.